The van der Waals surface area contributed by atoms with Crippen LogP contribution in [0.1, 0.15) is 54.3 Å². The van der Waals surface area contributed by atoms with Crippen LogP contribution in [0.25, 0.3) is 11.3 Å². The van der Waals surface area contributed by atoms with Gasteiger partial charge >= 0.3 is 6.18 Å². The average Bonchev–Trinajstić information content (AvgIpc) is 3.39. The maximum Gasteiger partial charge on any atom is 0.417 e. The van der Waals surface area contributed by atoms with Crippen LogP contribution in [0.2, 0.25) is 0 Å². The third-order valence-electron chi connectivity index (χ3n) is 4.34. The molecule has 0 amide bonds. The lowest BCUT2D eigenvalue weighted by atomic mass is 9.99. The van der Waals surface area contributed by atoms with Gasteiger partial charge in [0.05, 0.1) is 17.0 Å². The first-order chi connectivity index (χ1) is 10.5. The minimum atomic E-state index is -4.38. The lowest BCUT2D eigenvalue weighted by Gasteiger charge is -2.13. The number of hydrogen-bond donors (Lipinski definition) is 0. The first-order valence-corrected chi connectivity index (χ1v) is 7.58. The fourth-order valence-electron chi connectivity index (χ4n) is 2.90. The van der Waals surface area contributed by atoms with Crippen molar-refractivity contribution in [1.29, 1.82) is 0 Å². The van der Waals surface area contributed by atoms with E-state index < -0.39 is 11.7 Å². The molecule has 1 aromatic heterocycles. The molecule has 2 saturated carbocycles. The summed E-state index contributed by atoms with van der Waals surface area (Å²) in [6.45, 7) is 0. The van der Waals surface area contributed by atoms with Crippen molar-refractivity contribution in [3.8, 4) is 11.3 Å². The van der Waals surface area contributed by atoms with E-state index in [1.165, 1.54) is 12.1 Å². The molecule has 0 unspecified atom stereocenters. The molecule has 0 spiro atoms. The molecular weight excluding hydrogens is 289 g/mol. The number of alkyl halides is 3. The van der Waals surface area contributed by atoms with Gasteiger partial charge in [0.1, 0.15) is 0 Å². The van der Waals surface area contributed by atoms with Crippen LogP contribution in [0.4, 0.5) is 13.2 Å². The summed E-state index contributed by atoms with van der Waals surface area (Å²) >= 11 is 0. The smallest absolute Gasteiger partial charge is 0.166 e. The van der Waals surface area contributed by atoms with Gasteiger partial charge in [-0.15, -0.1) is 0 Å². The maximum absolute atomic E-state index is 13.2. The zero-order valence-electron chi connectivity index (χ0n) is 11.9. The summed E-state index contributed by atoms with van der Waals surface area (Å²) in [5.41, 5.74) is 1.93. The van der Waals surface area contributed by atoms with Crippen LogP contribution >= 0.6 is 0 Å². The summed E-state index contributed by atoms with van der Waals surface area (Å²) in [7, 11) is 0. The highest BCUT2D eigenvalue weighted by Gasteiger charge is 2.36. The van der Waals surface area contributed by atoms with Gasteiger partial charge < -0.3 is 0 Å². The van der Waals surface area contributed by atoms with Crippen molar-refractivity contribution in [2.75, 3.05) is 0 Å². The first kappa shape index (κ1) is 13.7. The van der Waals surface area contributed by atoms with E-state index in [4.69, 9.17) is 0 Å². The number of halogens is 3. The molecule has 4 rings (SSSR count). The van der Waals surface area contributed by atoms with Gasteiger partial charge in [0.2, 0.25) is 0 Å². The maximum atomic E-state index is 13.2. The molecule has 0 N–H and O–H groups in total. The number of nitrogens with zero attached hydrogens (tertiary/aromatic N) is 2. The molecule has 2 aromatic rings. The highest BCUT2D eigenvalue weighted by molar-refractivity contribution is 5.65. The number of benzene rings is 1. The standard InChI is InChI=1S/C17H15F3N2/c18-17(19,20)14-4-2-1-3-12(14)15-9-13(10-5-6-10)16(22-21-15)11-7-8-11/h1-4,9-11H,5-8H2. The van der Waals surface area contributed by atoms with E-state index in [0.717, 1.165) is 43.0 Å². The molecule has 0 atom stereocenters. The predicted octanol–water partition coefficient (Wildman–Crippen LogP) is 4.92. The van der Waals surface area contributed by atoms with Crippen molar-refractivity contribution in [1.82, 2.24) is 10.2 Å². The van der Waals surface area contributed by atoms with Gasteiger partial charge in [-0.1, -0.05) is 18.2 Å². The van der Waals surface area contributed by atoms with Crippen molar-refractivity contribution in [3.05, 3.63) is 47.2 Å². The van der Waals surface area contributed by atoms with E-state index >= 15 is 0 Å². The zero-order valence-corrected chi connectivity index (χ0v) is 11.9. The van der Waals surface area contributed by atoms with Crippen LogP contribution in [0.3, 0.4) is 0 Å². The van der Waals surface area contributed by atoms with Crippen LogP contribution in [0, 0.1) is 0 Å². The second-order valence-corrected chi connectivity index (χ2v) is 6.16. The second kappa shape index (κ2) is 4.80. The van der Waals surface area contributed by atoms with Crippen molar-refractivity contribution in [2.24, 2.45) is 0 Å². The summed E-state index contributed by atoms with van der Waals surface area (Å²) in [4.78, 5) is 0. The van der Waals surface area contributed by atoms with Crippen molar-refractivity contribution in [3.63, 3.8) is 0 Å². The lowest BCUT2D eigenvalue weighted by Crippen LogP contribution is -2.08. The summed E-state index contributed by atoms with van der Waals surface area (Å²) in [5, 5.41) is 8.39. The topological polar surface area (TPSA) is 25.8 Å². The van der Waals surface area contributed by atoms with Gasteiger partial charge in [-0.25, -0.2) is 0 Å². The Labute approximate surface area is 126 Å². The molecule has 2 aliphatic carbocycles. The normalized spacial score (nSPS) is 18.5. The Morgan fingerprint density at radius 3 is 2.23 bits per heavy atom. The molecule has 0 aliphatic heterocycles. The summed E-state index contributed by atoms with van der Waals surface area (Å²) in [6.07, 6.45) is 0.0600. The molecule has 1 aromatic carbocycles. The number of aromatic nitrogens is 2. The second-order valence-electron chi connectivity index (χ2n) is 6.16. The highest BCUT2D eigenvalue weighted by atomic mass is 19.4. The summed E-state index contributed by atoms with van der Waals surface area (Å²) < 4.78 is 39.5. The monoisotopic (exact) mass is 304 g/mol. The van der Waals surface area contributed by atoms with E-state index in [9.17, 15) is 13.2 Å². The average molecular weight is 304 g/mol. The molecule has 0 bridgehead atoms. The SMILES string of the molecule is FC(F)(F)c1ccccc1-c1cc(C2CC2)c(C2CC2)nn1. The lowest BCUT2D eigenvalue weighted by molar-refractivity contribution is -0.137. The van der Waals surface area contributed by atoms with E-state index in [1.54, 1.807) is 6.07 Å². The van der Waals surface area contributed by atoms with Crippen LogP contribution < -0.4 is 0 Å². The van der Waals surface area contributed by atoms with Gasteiger partial charge in [0.25, 0.3) is 0 Å². The van der Waals surface area contributed by atoms with Crippen LogP contribution in [-0.2, 0) is 6.18 Å². The Bertz CT molecular complexity index is 716. The van der Waals surface area contributed by atoms with Crippen molar-refractivity contribution < 1.29 is 13.2 Å². The molecule has 2 nitrogen and oxygen atoms in total. The van der Waals surface area contributed by atoms with Gasteiger partial charge in [0, 0.05) is 11.5 Å². The molecule has 2 fully saturated rings. The van der Waals surface area contributed by atoms with E-state index in [1.807, 2.05) is 6.07 Å². The summed E-state index contributed by atoms with van der Waals surface area (Å²) in [5.74, 6) is 0.929. The van der Waals surface area contributed by atoms with E-state index in [-0.39, 0.29) is 5.56 Å². The fraction of sp³-hybridized carbons (Fsp3) is 0.412. The number of hydrogen-bond acceptors (Lipinski definition) is 2. The van der Waals surface area contributed by atoms with Gasteiger partial charge in [-0.05, 0) is 49.3 Å². The van der Waals surface area contributed by atoms with Gasteiger partial charge in [-0.3, -0.25) is 0 Å². The minimum Gasteiger partial charge on any atom is -0.166 e. The van der Waals surface area contributed by atoms with Crippen LogP contribution in [0.5, 0.6) is 0 Å². The quantitative estimate of drug-likeness (QED) is 0.804. The van der Waals surface area contributed by atoms with Crippen molar-refractivity contribution >= 4 is 0 Å². The van der Waals surface area contributed by atoms with Crippen molar-refractivity contribution in [2.45, 2.75) is 43.7 Å². The Morgan fingerprint density at radius 1 is 0.909 bits per heavy atom. The Morgan fingerprint density at radius 2 is 1.59 bits per heavy atom. The molecule has 5 heteroatoms. The van der Waals surface area contributed by atoms with Gasteiger partial charge in [0.15, 0.2) is 0 Å². The minimum absolute atomic E-state index is 0.117. The zero-order chi connectivity index (χ0) is 15.3. The molecule has 22 heavy (non-hydrogen) atoms. The Balaban J connectivity index is 1.82. The van der Waals surface area contributed by atoms with Crippen LogP contribution in [-0.4, -0.2) is 10.2 Å². The molecule has 0 saturated heterocycles. The van der Waals surface area contributed by atoms with Crippen LogP contribution in [0.15, 0.2) is 30.3 Å². The molecule has 2 aliphatic rings. The van der Waals surface area contributed by atoms with E-state index in [2.05, 4.69) is 10.2 Å². The largest absolute Gasteiger partial charge is 0.417 e. The predicted molar refractivity (Wildman–Crippen MR) is 76.4 cm³/mol. The Hall–Kier alpha value is -1.91. The Kier molecular flexibility index (Phi) is 2.99. The van der Waals surface area contributed by atoms with Gasteiger partial charge in [-0.2, -0.15) is 23.4 Å². The third-order valence-corrected chi connectivity index (χ3v) is 4.34. The molecule has 1 heterocycles. The fourth-order valence-corrected chi connectivity index (χ4v) is 2.90. The number of rotatable bonds is 3. The molecule has 114 valence electrons. The highest BCUT2D eigenvalue weighted by Crippen LogP contribution is 2.49. The molecule has 0 radical (unpaired) electrons. The summed E-state index contributed by atoms with van der Waals surface area (Å²) in [6, 6.07) is 7.42. The molecular formula is C17H15F3N2. The van der Waals surface area contributed by atoms with E-state index in [0.29, 0.717) is 17.5 Å². The first-order valence-electron chi connectivity index (χ1n) is 7.58. The third kappa shape index (κ3) is 2.49.